The summed E-state index contributed by atoms with van der Waals surface area (Å²) in [5.74, 6) is 0.528. The van der Waals surface area contributed by atoms with Gasteiger partial charge in [0, 0.05) is 38.9 Å². The molecule has 1 fully saturated rings. The van der Waals surface area contributed by atoms with E-state index in [4.69, 9.17) is 0 Å². The molecule has 0 unspecified atom stereocenters. The highest BCUT2D eigenvalue weighted by Gasteiger charge is 2.25. The number of aromatic nitrogens is 2. The van der Waals surface area contributed by atoms with Gasteiger partial charge in [-0.3, -0.25) is 18.8 Å². The van der Waals surface area contributed by atoms with E-state index in [1.165, 1.54) is 18.2 Å². The van der Waals surface area contributed by atoms with E-state index < -0.39 is 0 Å². The first kappa shape index (κ1) is 15.7. The van der Waals surface area contributed by atoms with E-state index in [9.17, 15) is 9.59 Å². The summed E-state index contributed by atoms with van der Waals surface area (Å²) in [6.07, 6.45) is 1.11. The van der Waals surface area contributed by atoms with E-state index in [2.05, 4.69) is 36.1 Å². The quantitative estimate of drug-likeness (QED) is 0.860. The van der Waals surface area contributed by atoms with Gasteiger partial charge in [-0.15, -0.1) is 0 Å². The van der Waals surface area contributed by atoms with Crippen molar-refractivity contribution in [2.45, 2.75) is 25.8 Å². The van der Waals surface area contributed by atoms with Crippen LogP contribution in [-0.2, 0) is 20.6 Å². The summed E-state index contributed by atoms with van der Waals surface area (Å²) in [6, 6.07) is 10.1. The van der Waals surface area contributed by atoms with Gasteiger partial charge in [-0.2, -0.15) is 0 Å². The normalized spacial score (nSPS) is 18.5. The zero-order chi connectivity index (χ0) is 16.6. The second kappa shape index (κ2) is 6.16. The largest absolute Gasteiger partial charge is 0.330 e. The summed E-state index contributed by atoms with van der Waals surface area (Å²) in [5, 5.41) is 0. The lowest BCUT2D eigenvalue weighted by Gasteiger charge is -2.19. The maximum absolute atomic E-state index is 12.0. The third kappa shape index (κ3) is 3.01. The highest BCUT2D eigenvalue weighted by Crippen LogP contribution is 2.29. The Morgan fingerprint density at radius 3 is 2.61 bits per heavy atom. The fourth-order valence-corrected chi connectivity index (χ4v) is 3.43. The first-order valence-corrected chi connectivity index (χ1v) is 8.01. The minimum atomic E-state index is -0.262. The minimum absolute atomic E-state index is 0.238. The predicted molar refractivity (Wildman–Crippen MR) is 90.7 cm³/mol. The first-order valence-electron chi connectivity index (χ1n) is 8.01. The van der Waals surface area contributed by atoms with Crippen molar-refractivity contribution in [1.29, 1.82) is 0 Å². The molecule has 1 aromatic heterocycles. The smallest absolute Gasteiger partial charge is 0.299 e. The SMILES string of the molecule is Cc1ccccc1[C@@H]1CCN(Cc2cc(=O)n(C)c(=O)n2C)C1. The van der Waals surface area contributed by atoms with E-state index in [0.29, 0.717) is 12.5 Å². The number of benzene rings is 1. The maximum Gasteiger partial charge on any atom is 0.330 e. The lowest BCUT2D eigenvalue weighted by Crippen LogP contribution is -2.39. The van der Waals surface area contributed by atoms with Crippen LogP contribution in [0.1, 0.15) is 29.2 Å². The Balaban J connectivity index is 1.78. The van der Waals surface area contributed by atoms with Crippen molar-refractivity contribution in [2.75, 3.05) is 13.1 Å². The zero-order valence-corrected chi connectivity index (χ0v) is 14.0. The Hall–Kier alpha value is -2.14. The van der Waals surface area contributed by atoms with Crippen LogP contribution in [0.3, 0.4) is 0 Å². The van der Waals surface area contributed by atoms with Gasteiger partial charge in [0.25, 0.3) is 5.56 Å². The van der Waals surface area contributed by atoms with Crippen molar-refractivity contribution in [3.63, 3.8) is 0 Å². The molecule has 2 heterocycles. The van der Waals surface area contributed by atoms with Crippen molar-refractivity contribution in [3.05, 3.63) is 68.0 Å². The molecule has 23 heavy (non-hydrogen) atoms. The molecular formula is C18H23N3O2. The summed E-state index contributed by atoms with van der Waals surface area (Å²) in [5.41, 5.74) is 3.02. The molecule has 1 saturated heterocycles. The molecule has 0 saturated carbocycles. The Morgan fingerprint density at radius 1 is 1.13 bits per heavy atom. The van der Waals surface area contributed by atoms with E-state index >= 15 is 0 Å². The molecule has 0 amide bonds. The van der Waals surface area contributed by atoms with Crippen LogP contribution in [0, 0.1) is 6.92 Å². The first-order chi connectivity index (χ1) is 11.0. The van der Waals surface area contributed by atoms with E-state index in [0.717, 1.165) is 29.8 Å². The molecular weight excluding hydrogens is 290 g/mol. The van der Waals surface area contributed by atoms with Crippen LogP contribution in [0.15, 0.2) is 39.9 Å². The summed E-state index contributed by atoms with van der Waals surface area (Å²) in [6.45, 7) is 4.75. The molecule has 5 nitrogen and oxygen atoms in total. The van der Waals surface area contributed by atoms with E-state index in [1.807, 2.05) is 0 Å². The third-order valence-electron chi connectivity index (χ3n) is 4.91. The van der Waals surface area contributed by atoms with Crippen molar-refractivity contribution >= 4 is 0 Å². The van der Waals surface area contributed by atoms with Crippen LogP contribution in [0.4, 0.5) is 0 Å². The van der Waals surface area contributed by atoms with Gasteiger partial charge >= 0.3 is 5.69 Å². The third-order valence-corrected chi connectivity index (χ3v) is 4.91. The molecule has 1 aliphatic rings. The number of hydrogen-bond donors (Lipinski definition) is 0. The molecule has 0 N–H and O–H groups in total. The molecule has 0 radical (unpaired) electrons. The van der Waals surface area contributed by atoms with Gasteiger partial charge in [-0.05, 0) is 36.9 Å². The van der Waals surface area contributed by atoms with Crippen molar-refractivity contribution in [2.24, 2.45) is 14.1 Å². The van der Waals surface area contributed by atoms with Gasteiger partial charge in [0.15, 0.2) is 0 Å². The summed E-state index contributed by atoms with van der Waals surface area (Å²) >= 11 is 0. The predicted octanol–water partition coefficient (Wildman–Crippen LogP) is 1.38. The van der Waals surface area contributed by atoms with Crippen molar-refractivity contribution in [3.8, 4) is 0 Å². The number of likely N-dealkylation sites (tertiary alicyclic amines) is 1. The van der Waals surface area contributed by atoms with Gasteiger partial charge in [0.05, 0.1) is 0 Å². The Labute approximate surface area is 135 Å². The van der Waals surface area contributed by atoms with Crippen LogP contribution in [-0.4, -0.2) is 27.1 Å². The minimum Gasteiger partial charge on any atom is -0.299 e. The Morgan fingerprint density at radius 2 is 1.87 bits per heavy atom. The topological polar surface area (TPSA) is 47.2 Å². The summed E-state index contributed by atoms with van der Waals surface area (Å²) < 4.78 is 2.71. The van der Waals surface area contributed by atoms with Crippen molar-refractivity contribution < 1.29 is 0 Å². The Kier molecular flexibility index (Phi) is 4.22. The number of aryl methyl sites for hydroxylation is 1. The molecule has 1 atom stereocenters. The molecule has 1 aromatic carbocycles. The molecule has 3 rings (SSSR count). The van der Waals surface area contributed by atoms with E-state index in [-0.39, 0.29) is 11.2 Å². The lowest BCUT2D eigenvalue weighted by molar-refractivity contribution is 0.315. The average molecular weight is 313 g/mol. The highest BCUT2D eigenvalue weighted by molar-refractivity contribution is 5.30. The Bertz CT molecular complexity index is 835. The van der Waals surface area contributed by atoms with Crippen LogP contribution in [0.25, 0.3) is 0 Å². The monoisotopic (exact) mass is 313 g/mol. The van der Waals surface area contributed by atoms with E-state index in [1.54, 1.807) is 17.7 Å². The van der Waals surface area contributed by atoms with Crippen LogP contribution < -0.4 is 11.2 Å². The highest BCUT2D eigenvalue weighted by atomic mass is 16.2. The van der Waals surface area contributed by atoms with Crippen LogP contribution in [0.2, 0.25) is 0 Å². The lowest BCUT2D eigenvalue weighted by atomic mass is 9.94. The zero-order valence-electron chi connectivity index (χ0n) is 14.0. The van der Waals surface area contributed by atoms with Gasteiger partial charge < -0.3 is 0 Å². The van der Waals surface area contributed by atoms with Gasteiger partial charge in [0.2, 0.25) is 0 Å². The van der Waals surface area contributed by atoms with Gasteiger partial charge in [0.1, 0.15) is 0 Å². The number of hydrogen-bond acceptors (Lipinski definition) is 3. The second-order valence-electron chi connectivity index (χ2n) is 6.45. The van der Waals surface area contributed by atoms with Crippen LogP contribution >= 0.6 is 0 Å². The summed E-state index contributed by atoms with van der Waals surface area (Å²) in [4.78, 5) is 26.2. The molecule has 5 heteroatoms. The molecule has 0 spiro atoms. The maximum atomic E-state index is 12.0. The van der Waals surface area contributed by atoms with Crippen LogP contribution in [0.5, 0.6) is 0 Å². The van der Waals surface area contributed by atoms with Gasteiger partial charge in [-0.25, -0.2) is 4.79 Å². The molecule has 122 valence electrons. The fraction of sp³-hybridized carbons (Fsp3) is 0.444. The molecule has 0 aliphatic carbocycles. The average Bonchev–Trinajstić information content (AvgIpc) is 2.99. The number of rotatable bonds is 3. The molecule has 0 bridgehead atoms. The fourth-order valence-electron chi connectivity index (χ4n) is 3.43. The standard InChI is InChI=1S/C18H23N3O2/c1-13-6-4-5-7-16(13)14-8-9-21(11-14)12-15-10-17(22)20(3)18(23)19(15)2/h4-7,10,14H,8-9,11-12H2,1-3H3/t14-/m1/s1. The molecule has 2 aromatic rings. The summed E-state index contributed by atoms with van der Waals surface area (Å²) in [7, 11) is 3.24. The molecule has 1 aliphatic heterocycles. The second-order valence-corrected chi connectivity index (χ2v) is 6.45. The van der Waals surface area contributed by atoms with Gasteiger partial charge in [-0.1, -0.05) is 24.3 Å². The van der Waals surface area contributed by atoms with Crippen molar-refractivity contribution in [1.82, 2.24) is 14.0 Å². The number of nitrogens with zero attached hydrogens (tertiary/aromatic N) is 3.